The Bertz CT molecular complexity index is 540. The summed E-state index contributed by atoms with van der Waals surface area (Å²) >= 11 is 0. The first-order valence-electron chi connectivity index (χ1n) is 7.35. The summed E-state index contributed by atoms with van der Waals surface area (Å²) in [5.74, 6) is 0.695. The number of rotatable bonds is 3. The number of hydrogen-bond acceptors (Lipinski definition) is 2. The van der Waals surface area contributed by atoms with E-state index in [1.165, 1.54) is 32.1 Å². The van der Waals surface area contributed by atoms with Gasteiger partial charge in [0.1, 0.15) is 0 Å². The summed E-state index contributed by atoms with van der Waals surface area (Å²) < 4.78 is 0. The van der Waals surface area contributed by atoms with Gasteiger partial charge in [0.2, 0.25) is 0 Å². The molecule has 0 saturated heterocycles. The molecule has 1 heterocycles. The predicted octanol–water partition coefficient (Wildman–Crippen LogP) is 4.24. The van der Waals surface area contributed by atoms with Crippen molar-refractivity contribution in [3.05, 3.63) is 42.2 Å². The monoisotopic (exact) mass is 255 g/mol. The molecule has 1 saturated carbocycles. The van der Waals surface area contributed by atoms with Crippen LogP contribution in [0.1, 0.15) is 50.2 Å². The van der Waals surface area contributed by atoms with Gasteiger partial charge in [-0.25, -0.2) is 0 Å². The summed E-state index contributed by atoms with van der Waals surface area (Å²) in [6.07, 6.45) is 10.8. The van der Waals surface area contributed by atoms with Gasteiger partial charge in [-0.15, -0.1) is 0 Å². The molecule has 1 aromatic heterocycles. The Kier molecular flexibility index (Phi) is 3.79. The molecule has 1 unspecified atom stereocenters. The third kappa shape index (κ3) is 2.79. The molecule has 1 aromatic carbocycles. The van der Waals surface area contributed by atoms with Crippen LogP contribution in [0.25, 0.3) is 10.8 Å². The van der Waals surface area contributed by atoms with E-state index in [0.29, 0.717) is 5.92 Å². The maximum Gasteiger partial charge on any atom is 0.0798 e. The van der Waals surface area contributed by atoms with Gasteiger partial charge in [0.15, 0.2) is 0 Å². The highest BCUT2D eigenvalue weighted by atomic mass is 16.3. The van der Waals surface area contributed by atoms with Crippen LogP contribution >= 0.6 is 0 Å². The molecule has 1 atom stereocenters. The van der Waals surface area contributed by atoms with E-state index in [2.05, 4.69) is 17.1 Å². The van der Waals surface area contributed by atoms with Gasteiger partial charge in [-0.3, -0.25) is 4.98 Å². The highest BCUT2D eigenvalue weighted by molar-refractivity contribution is 5.85. The van der Waals surface area contributed by atoms with Crippen LogP contribution in [0.5, 0.6) is 0 Å². The number of pyridine rings is 1. The molecule has 19 heavy (non-hydrogen) atoms. The number of aromatic nitrogens is 1. The van der Waals surface area contributed by atoms with Crippen molar-refractivity contribution in [2.45, 2.75) is 44.6 Å². The molecule has 2 heteroatoms. The predicted molar refractivity (Wildman–Crippen MR) is 77.9 cm³/mol. The quantitative estimate of drug-likeness (QED) is 0.890. The van der Waals surface area contributed by atoms with Crippen LogP contribution in [0.15, 0.2) is 36.7 Å². The van der Waals surface area contributed by atoms with Crippen LogP contribution in [-0.2, 0) is 0 Å². The smallest absolute Gasteiger partial charge is 0.0798 e. The summed E-state index contributed by atoms with van der Waals surface area (Å²) in [5, 5.41) is 12.8. The molecule has 0 spiro atoms. The molecule has 1 aliphatic carbocycles. The van der Waals surface area contributed by atoms with E-state index in [4.69, 9.17) is 0 Å². The summed E-state index contributed by atoms with van der Waals surface area (Å²) in [7, 11) is 0. The highest BCUT2D eigenvalue weighted by Crippen LogP contribution is 2.33. The SMILES string of the molecule is OC(CC1CCCCC1)c1cccc2cnccc12. The zero-order valence-electron chi connectivity index (χ0n) is 11.3. The first-order valence-corrected chi connectivity index (χ1v) is 7.35. The van der Waals surface area contributed by atoms with E-state index in [9.17, 15) is 5.11 Å². The lowest BCUT2D eigenvalue weighted by molar-refractivity contribution is 0.132. The third-order valence-electron chi connectivity index (χ3n) is 4.35. The first kappa shape index (κ1) is 12.6. The second kappa shape index (κ2) is 5.70. The fourth-order valence-electron chi connectivity index (χ4n) is 3.30. The van der Waals surface area contributed by atoms with E-state index in [-0.39, 0.29) is 6.10 Å². The average molecular weight is 255 g/mol. The van der Waals surface area contributed by atoms with E-state index < -0.39 is 0 Å². The lowest BCUT2D eigenvalue weighted by Gasteiger charge is -2.24. The fraction of sp³-hybridized carbons (Fsp3) is 0.471. The van der Waals surface area contributed by atoms with Crippen molar-refractivity contribution >= 4 is 10.8 Å². The minimum Gasteiger partial charge on any atom is -0.388 e. The molecule has 0 aliphatic heterocycles. The number of nitrogens with zero attached hydrogens (tertiary/aromatic N) is 1. The van der Waals surface area contributed by atoms with Crippen LogP contribution in [-0.4, -0.2) is 10.1 Å². The van der Waals surface area contributed by atoms with Gasteiger partial charge in [-0.2, -0.15) is 0 Å². The Labute approximate surface area is 114 Å². The largest absolute Gasteiger partial charge is 0.388 e. The van der Waals surface area contributed by atoms with Crippen molar-refractivity contribution in [2.24, 2.45) is 5.92 Å². The third-order valence-corrected chi connectivity index (χ3v) is 4.35. The van der Waals surface area contributed by atoms with Crippen LogP contribution in [0.2, 0.25) is 0 Å². The highest BCUT2D eigenvalue weighted by Gasteiger charge is 2.19. The molecule has 2 nitrogen and oxygen atoms in total. The minimum absolute atomic E-state index is 0.339. The van der Waals surface area contributed by atoms with Gasteiger partial charge in [-0.05, 0) is 29.4 Å². The van der Waals surface area contributed by atoms with Crippen LogP contribution < -0.4 is 0 Å². The maximum absolute atomic E-state index is 10.6. The first-order chi connectivity index (χ1) is 9.34. The number of aliphatic hydroxyl groups is 1. The molecule has 100 valence electrons. The standard InChI is InChI=1S/C17H21NO/c19-17(11-13-5-2-1-3-6-13)16-8-4-7-14-12-18-10-9-15(14)16/h4,7-10,12-13,17,19H,1-3,5-6,11H2. The topological polar surface area (TPSA) is 33.1 Å². The number of benzene rings is 1. The molecule has 0 bridgehead atoms. The molecular formula is C17H21NO. The lowest BCUT2D eigenvalue weighted by atomic mass is 9.83. The zero-order valence-corrected chi connectivity index (χ0v) is 11.3. The van der Waals surface area contributed by atoms with Gasteiger partial charge in [0, 0.05) is 17.8 Å². The molecule has 2 aromatic rings. The summed E-state index contributed by atoms with van der Waals surface area (Å²) in [5.41, 5.74) is 1.06. The van der Waals surface area contributed by atoms with Crippen molar-refractivity contribution < 1.29 is 5.11 Å². The fourth-order valence-corrected chi connectivity index (χ4v) is 3.30. The Hall–Kier alpha value is -1.41. The van der Waals surface area contributed by atoms with Crippen molar-refractivity contribution in [3.63, 3.8) is 0 Å². The number of aliphatic hydroxyl groups excluding tert-OH is 1. The Morgan fingerprint density at radius 3 is 2.84 bits per heavy atom. The van der Waals surface area contributed by atoms with Gasteiger partial charge < -0.3 is 5.11 Å². The number of hydrogen-bond donors (Lipinski definition) is 1. The van der Waals surface area contributed by atoms with Gasteiger partial charge in [0.05, 0.1) is 6.10 Å². The molecule has 1 N–H and O–H groups in total. The van der Waals surface area contributed by atoms with Gasteiger partial charge in [-0.1, -0.05) is 50.3 Å². The Morgan fingerprint density at radius 2 is 2.00 bits per heavy atom. The molecule has 0 radical (unpaired) electrons. The van der Waals surface area contributed by atoms with Crippen molar-refractivity contribution in [2.75, 3.05) is 0 Å². The molecule has 0 amide bonds. The minimum atomic E-state index is -0.339. The van der Waals surface area contributed by atoms with Crippen LogP contribution in [0.4, 0.5) is 0 Å². The van der Waals surface area contributed by atoms with Gasteiger partial charge >= 0.3 is 0 Å². The van der Waals surface area contributed by atoms with Crippen molar-refractivity contribution in [1.29, 1.82) is 0 Å². The normalized spacial score (nSPS) is 18.6. The molecule has 3 rings (SSSR count). The van der Waals surface area contributed by atoms with E-state index in [1.54, 1.807) is 6.20 Å². The van der Waals surface area contributed by atoms with E-state index in [1.807, 2.05) is 18.3 Å². The Morgan fingerprint density at radius 1 is 1.16 bits per heavy atom. The van der Waals surface area contributed by atoms with Crippen molar-refractivity contribution in [3.8, 4) is 0 Å². The lowest BCUT2D eigenvalue weighted by Crippen LogP contribution is -2.11. The zero-order chi connectivity index (χ0) is 13.1. The summed E-state index contributed by atoms with van der Waals surface area (Å²) in [4.78, 5) is 4.15. The van der Waals surface area contributed by atoms with E-state index in [0.717, 1.165) is 22.8 Å². The molecule has 1 aliphatic rings. The molecule has 1 fully saturated rings. The second-order valence-corrected chi connectivity index (χ2v) is 5.70. The van der Waals surface area contributed by atoms with Crippen LogP contribution in [0.3, 0.4) is 0 Å². The maximum atomic E-state index is 10.6. The van der Waals surface area contributed by atoms with Crippen LogP contribution in [0, 0.1) is 5.92 Å². The molecular weight excluding hydrogens is 234 g/mol. The number of fused-ring (bicyclic) bond motifs is 1. The van der Waals surface area contributed by atoms with Gasteiger partial charge in [0.25, 0.3) is 0 Å². The Balaban J connectivity index is 1.82. The average Bonchev–Trinajstić information content (AvgIpc) is 2.47. The second-order valence-electron chi connectivity index (χ2n) is 5.70. The van der Waals surface area contributed by atoms with E-state index >= 15 is 0 Å². The van der Waals surface area contributed by atoms with Crippen molar-refractivity contribution in [1.82, 2.24) is 4.98 Å². The summed E-state index contributed by atoms with van der Waals surface area (Å²) in [6.45, 7) is 0. The summed E-state index contributed by atoms with van der Waals surface area (Å²) in [6, 6.07) is 8.13.